The first-order valence-corrected chi connectivity index (χ1v) is 9.20. The Labute approximate surface area is 153 Å². The van der Waals surface area contributed by atoms with Crippen LogP contribution < -0.4 is 4.74 Å². The summed E-state index contributed by atoms with van der Waals surface area (Å²) in [6, 6.07) is 16.1. The number of hydrogen-bond donors (Lipinski definition) is 0. The van der Waals surface area contributed by atoms with E-state index in [2.05, 4.69) is 39.3 Å². The van der Waals surface area contributed by atoms with Gasteiger partial charge in [-0.2, -0.15) is 4.98 Å². The van der Waals surface area contributed by atoms with E-state index in [1.165, 1.54) is 31.5 Å². The Balaban J connectivity index is 1.46. The van der Waals surface area contributed by atoms with Crippen molar-refractivity contribution in [3.63, 3.8) is 0 Å². The lowest BCUT2D eigenvalue weighted by Crippen LogP contribution is -2.18. The molecule has 134 valence electrons. The molecule has 1 aromatic heterocycles. The zero-order chi connectivity index (χ0) is 17.8. The smallest absolute Gasteiger partial charge is 0.258 e. The number of likely N-dealkylation sites (tertiary alicyclic amines) is 1. The van der Waals surface area contributed by atoms with Crippen molar-refractivity contribution in [2.24, 2.45) is 0 Å². The predicted molar refractivity (Wildman–Crippen MR) is 101 cm³/mol. The maximum absolute atomic E-state index is 5.46. The van der Waals surface area contributed by atoms with Crippen LogP contribution in [-0.2, 0) is 6.54 Å². The van der Waals surface area contributed by atoms with Gasteiger partial charge in [0.1, 0.15) is 5.75 Å². The highest BCUT2D eigenvalue weighted by atomic mass is 16.5. The summed E-state index contributed by atoms with van der Waals surface area (Å²) in [6.07, 6.45) is 2.63. The van der Waals surface area contributed by atoms with Crippen LogP contribution in [0.1, 0.15) is 25.3 Å². The van der Waals surface area contributed by atoms with Gasteiger partial charge in [-0.1, -0.05) is 29.4 Å². The molecule has 0 spiro atoms. The predicted octanol–water partition coefficient (Wildman–Crippen LogP) is 4.40. The summed E-state index contributed by atoms with van der Waals surface area (Å²) in [4.78, 5) is 7.02. The molecule has 4 rings (SSSR count). The van der Waals surface area contributed by atoms with Crippen molar-refractivity contribution in [2.45, 2.75) is 26.3 Å². The van der Waals surface area contributed by atoms with Crippen LogP contribution in [0, 0.1) is 0 Å². The van der Waals surface area contributed by atoms with E-state index in [9.17, 15) is 0 Å². The highest BCUT2D eigenvalue weighted by molar-refractivity contribution is 5.60. The van der Waals surface area contributed by atoms with Gasteiger partial charge in [-0.3, -0.25) is 4.90 Å². The number of rotatable bonds is 6. The second kappa shape index (κ2) is 7.70. The van der Waals surface area contributed by atoms with E-state index in [0.29, 0.717) is 18.3 Å². The average molecular weight is 349 g/mol. The van der Waals surface area contributed by atoms with Crippen molar-refractivity contribution in [3.8, 4) is 28.6 Å². The van der Waals surface area contributed by atoms with Gasteiger partial charge in [0.15, 0.2) is 0 Å². The Morgan fingerprint density at radius 3 is 2.35 bits per heavy atom. The summed E-state index contributed by atoms with van der Waals surface area (Å²) >= 11 is 0. The summed E-state index contributed by atoms with van der Waals surface area (Å²) in [5, 5.41) is 4.13. The van der Waals surface area contributed by atoms with Crippen molar-refractivity contribution >= 4 is 0 Å². The molecule has 0 bridgehead atoms. The number of nitrogens with zero attached hydrogens (tertiary/aromatic N) is 3. The standard InChI is InChI=1S/C21H23N3O2/c1-2-25-19-11-9-18(10-12-19)21-22-20(23-26-21)17-7-5-16(6-8-17)15-24-13-3-4-14-24/h5-12H,2-4,13-15H2,1H3. The molecule has 0 aliphatic carbocycles. The molecule has 2 aromatic carbocycles. The minimum atomic E-state index is 0.518. The maximum atomic E-state index is 5.46. The summed E-state index contributed by atoms with van der Waals surface area (Å²) in [7, 11) is 0. The van der Waals surface area contributed by atoms with Crippen LogP contribution in [-0.4, -0.2) is 34.7 Å². The molecule has 1 aliphatic rings. The SMILES string of the molecule is CCOc1ccc(-c2nc(-c3ccc(CN4CCCC4)cc3)no2)cc1. The van der Waals surface area contributed by atoms with Crippen molar-refractivity contribution in [1.29, 1.82) is 0 Å². The highest BCUT2D eigenvalue weighted by Crippen LogP contribution is 2.24. The minimum Gasteiger partial charge on any atom is -0.494 e. The highest BCUT2D eigenvalue weighted by Gasteiger charge is 2.13. The summed E-state index contributed by atoms with van der Waals surface area (Å²) in [6.45, 7) is 6.05. The van der Waals surface area contributed by atoms with Gasteiger partial charge in [0.2, 0.25) is 5.82 Å². The fourth-order valence-corrected chi connectivity index (χ4v) is 3.28. The van der Waals surface area contributed by atoms with Gasteiger partial charge >= 0.3 is 0 Å². The van der Waals surface area contributed by atoms with Gasteiger partial charge in [-0.05, 0) is 62.7 Å². The van der Waals surface area contributed by atoms with E-state index in [-0.39, 0.29) is 0 Å². The molecule has 26 heavy (non-hydrogen) atoms. The van der Waals surface area contributed by atoms with Crippen LogP contribution in [0.4, 0.5) is 0 Å². The third-order valence-electron chi connectivity index (χ3n) is 4.66. The first kappa shape index (κ1) is 16.8. The van der Waals surface area contributed by atoms with Crippen LogP contribution in [0.2, 0.25) is 0 Å². The van der Waals surface area contributed by atoms with Gasteiger partial charge < -0.3 is 9.26 Å². The second-order valence-corrected chi connectivity index (χ2v) is 6.56. The molecule has 1 fully saturated rings. The van der Waals surface area contributed by atoms with E-state index >= 15 is 0 Å². The van der Waals surface area contributed by atoms with E-state index in [0.717, 1.165) is 23.4 Å². The van der Waals surface area contributed by atoms with Crippen LogP contribution >= 0.6 is 0 Å². The number of aromatic nitrogens is 2. The van der Waals surface area contributed by atoms with Crippen molar-refractivity contribution in [1.82, 2.24) is 15.0 Å². The molecule has 2 heterocycles. The Morgan fingerprint density at radius 2 is 1.65 bits per heavy atom. The average Bonchev–Trinajstić information content (AvgIpc) is 3.35. The van der Waals surface area contributed by atoms with Gasteiger partial charge in [0, 0.05) is 17.7 Å². The van der Waals surface area contributed by atoms with Gasteiger partial charge in [-0.15, -0.1) is 0 Å². The van der Waals surface area contributed by atoms with Crippen LogP contribution in [0.25, 0.3) is 22.8 Å². The lowest BCUT2D eigenvalue weighted by Gasteiger charge is -2.14. The van der Waals surface area contributed by atoms with Gasteiger partial charge in [0.25, 0.3) is 5.89 Å². The van der Waals surface area contributed by atoms with E-state index < -0.39 is 0 Å². The molecule has 1 aliphatic heterocycles. The fraction of sp³-hybridized carbons (Fsp3) is 0.333. The van der Waals surface area contributed by atoms with Crippen LogP contribution in [0.5, 0.6) is 5.75 Å². The Bertz CT molecular complexity index is 834. The van der Waals surface area contributed by atoms with Crippen LogP contribution in [0.15, 0.2) is 53.1 Å². The summed E-state index contributed by atoms with van der Waals surface area (Å²) in [5.41, 5.74) is 3.18. The van der Waals surface area contributed by atoms with Gasteiger partial charge in [-0.25, -0.2) is 0 Å². The fourth-order valence-electron chi connectivity index (χ4n) is 3.28. The first-order valence-electron chi connectivity index (χ1n) is 9.20. The number of hydrogen-bond acceptors (Lipinski definition) is 5. The molecule has 0 unspecified atom stereocenters. The molecule has 0 N–H and O–H groups in total. The van der Waals surface area contributed by atoms with E-state index in [4.69, 9.17) is 9.26 Å². The molecule has 0 atom stereocenters. The summed E-state index contributed by atoms with van der Waals surface area (Å²) < 4.78 is 10.9. The first-order chi connectivity index (χ1) is 12.8. The zero-order valence-corrected chi connectivity index (χ0v) is 15.0. The molecule has 0 amide bonds. The van der Waals surface area contributed by atoms with Crippen molar-refractivity contribution < 1.29 is 9.26 Å². The monoisotopic (exact) mass is 349 g/mol. The molecule has 0 radical (unpaired) electrons. The topological polar surface area (TPSA) is 51.4 Å². The molecular weight excluding hydrogens is 326 g/mol. The molecule has 5 heteroatoms. The van der Waals surface area contributed by atoms with Crippen molar-refractivity contribution in [3.05, 3.63) is 54.1 Å². The third-order valence-corrected chi connectivity index (χ3v) is 4.66. The van der Waals surface area contributed by atoms with E-state index in [1.807, 2.05) is 31.2 Å². The Morgan fingerprint density at radius 1 is 0.962 bits per heavy atom. The molecule has 3 aromatic rings. The molecule has 5 nitrogen and oxygen atoms in total. The summed E-state index contributed by atoms with van der Waals surface area (Å²) in [5.74, 6) is 1.97. The molecule has 1 saturated heterocycles. The lowest BCUT2D eigenvalue weighted by atomic mass is 10.1. The lowest BCUT2D eigenvalue weighted by molar-refractivity contribution is 0.331. The third kappa shape index (κ3) is 3.78. The number of ether oxygens (including phenoxy) is 1. The van der Waals surface area contributed by atoms with E-state index in [1.54, 1.807) is 0 Å². The van der Waals surface area contributed by atoms with Crippen molar-refractivity contribution in [2.75, 3.05) is 19.7 Å². The minimum absolute atomic E-state index is 0.518. The maximum Gasteiger partial charge on any atom is 0.258 e. The largest absolute Gasteiger partial charge is 0.494 e. The number of benzene rings is 2. The van der Waals surface area contributed by atoms with Crippen LogP contribution in [0.3, 0.4) is 0 Å². The second-order valence-electron chi connectivity index (χ2n) is 6.56. The molecule has 0 saturated carbocycles. The Kier molecular flexibility index (Phi) is 4.97. The quantitative estimate of drug-likeness (QED) is 0.660. The zero-order valence-electron chi connectivity index (χ0n) is 15.0. The van der Waals surface area contributed by atoms with Gasteiger partial charge in [0.05, 0.1) is 6.61 Å². The Hall–Kier alpha value is -2.66. The normalized spacial score (nSPS) is 14.7. The molecular formula is C21H23N3O2.